The molecule has 1 aliphatic rings. The minimum atomic E-state index is 0.791. The maximum absolute atomic E-state index is 5.84. The van der Waals surface area contributed by atoms with E-state index in [1.807, 2.05) is 12.1 Å². The fourth-order valence-electron chi connectivity index (χ4n) is 1.55. The second-order valence-electron chi connectivity index (χ2n) is 3.30. The van der Waals surface area contributed by atoms with Crippen molar-refractivity contribution in [3.8, 4) is 0 Å². The van der Waals surface area contributed by atoms with E-state index < -0.39 is 0 Å². The van der Waals surface area contributed by atoms with Crippen LogP contribution in [-0.4, -0.2) is 0 Å². The number of halogens is 2. The summed E-state index contributed by atoms with van der Waals surface area (Å²) in [6, 6.07) is 8.01. The van der Waals surface area contributed by atoms with E-state index in [4.69, 9.17) is 11.6 Å². The highest BCUT2D eigenvalue weighted by Gasteiger charge is 2.05. The van der Waals surface area contributed by atoms with E-state index in [1.165, 1.54) is 15.6 Å². The second-order valence-corrected chi connectivity index (χ2v) is 4.66. The lowest BCUT2D eigenvalue weighted by Crippen LogP contribution is -1.89. The predicted octanol–water partition coefficient (Wildman–Crippen LogP) is 4.80. The summed E-state index contributed by atoms with van der Waals surface area (Å²) in [6.45, 7) is 0. The summed E-state index contributed by atoms with van der Waals surface area (Å²) in [5, 5.41) is 0.791. The van der Waals surface area contributed by atoms with Crippen LogP contribution < -0.4 is 0 Å². The Morgan fingerprint density at radius 3 is 2.50 bits per heavy atom. The van der Waals surface area contributed by atoms with Crippen LogP contribution in [0.5, 0.6) is 0 Å². The number of rotatable bonds is 1. The third-order valence-electron chi connectivity index (χ3n) is 2.28. The third kappa shape index (κ3) is 2.28. The van der Waals surface area contributed by atoms with Crippen molar-refractivity contribution in [2.45, 2.75) is 12.8 Å². The van der Waals surface area contributed by atoms with Crippen molar-refractivity contribution in [1.29, 1.82) is 0 Å². The molecule has 2 heteroatoms. The van der Waals surface area contributed by atoms with Crippen molar-refractivity contribution in [3.63, 3.8) is 0 Å². The molecule has 0 saturated heterocycles. The van der Waals surface area contributed by atoms with Crippen molar-refractivity contribution in [3.05, 3.63) is 51.5 Å². The molecule has 0 amide bonds. The van der Waals surface area contributed by atoms with E-state index in [1.54, 1.807) is 0 Å². The second kappa shape index (κ2) is 4.33. The molecule has 0 bridgehead atoms. The van der Waals surface area contributed by atoms with E-state index >= 15 is 0 Å². The molecule has 0 saturated carbocycles. The maximum atomic E-state index is 5.84. The van der Waals surface area contributed by atoms with Crippen LogP contribution in [0.1, 0.15) is 18.4 Å². The molecule has 1 aromatic rings. The first kappa shape index (κ1) is 10.0. The molecule has 0 N–H and O–H groups in total. The van der Waals surface area contributed by atoms with Gasteiger partial charge in [0.15, 0.2) is 0 Å². The van der Waals surface area contributed by atoms with E-state index in [9.17, 15) is 0 Å². The molecule has 0 aliphatic heterocycles. The highest BCUT2D eigenvalue weighted by atomic mass is 79.9. The van der Waals surface area contributed by atoms with Gasteiger partial charge in [-0.2, -0.15) is 0 Å². The Balaban J connectivity index is 2.31. The van der Waals surface area contributed by atoms with Gasteiger partial charge in [-0.05, 0) is 42.2 Å². The van der Waals surface area contributed by atoms with Crippen LogP contribution in [0.4, 0.5) is 0 Å². The molecule has 0 fully saturated rings. The lowest BCUT2D eigenvalue weighted by atomic mass is 9.98. The molecule has 0 radical (unpaired) electrons. The lowest BCUT2D eigenvalue weighted by molar-refractivity contribution is 1.05. The number of hydrogen-bond donors (Lipinski definition) is 0. The molecule has 0 spiro atoms. The smallest absolute Gasteiger partial charge is 0.0406 e. The van der Waals surface area contributed by atoms with Crippen molar-refractivity contribution in [1.82, 2.24) is 0 Å². The summed E-state index contributed by atoms with van der Waals surface area (Å²) in [5.74, 6) is 0. The van der Waals surface area contributed by atoms with Crippen molar-refractivity contribution >= 4 is 33.1 Å². The standard InChI is InChI=1S/C12H10BrCl/c13-11-3-1-2-10(8-11)9-4-6-12(14)7-5-9/h3-8H,1-2H2. The lowest BCUT2D eigenvalue weighted by Gasteiger charge is -2.10. The quantitative estimate of drug-likeness (QED) is 0.687. The van der Waals surface area contributed by atoms with E-state index in [2.05, 4.69) is 40.2 Å². The van der Waals surface area contributed by atoms with Gasteiger partial charge in [-0.15, -0.1) is 0 Å². The number of allylic oxidation sites excluding steroid dienone is 4. The highest BCUT2D eigenvalue weighted by molar-refractivity contribution is 9.11. The molecular weight excluding hydrogens is 259 g/mol. The third-order valence-corrected chi connectivity index (χ3v) is 3.08. The molecular formula is C12H10BrCl. The fourth-order valence-corrected chi connectivity index (χ4v) is 2.19. The summed E-state index contributed by atoms with van der Waals surface area (Å²) in [7, 11) is 0. The zero-order chi connectivity index (χ0) is 9.97. The highest BCUT2D eigenvalue weighted by Crippen LogP contribution is 2.29. The summed E-state index contributed by atoms with van der Waals surface area (Å²) in [6.07, 6.45) is 6.58. The molecule has 0 atom stereocenters. The van der Waals surface area contributed by atoms with Gasteiger partial charge in [-0.25, -0.2) is 0 Å². The van der Waals surface area contributed by atoms with Crippen LogP contribution in [0.2, 0.25) is 5.02 Å². The first-order chi connectivity index (χ1) is 6.75. The van der Waals surface area contributed by atoms with E-state index in [0.717, 1.165) is 17.9 Å². The zero-order valence-corrected chi connectivity index (χ0v) is 9.98. The predicted molar refractivity (Wildman–Crippen MR) is 65.7 cm³/mol. The molecule has 72 valence electrons. The molecule has 0 nitrogen and oxygen atoms in total. The first-order valence-corrected chi connectivity index (χ1v) is 5.75. The average Bonchev–Trinajstić information content (AvgIpc) is 2.19. The van der Waals surface area contributed by atoms with Crippen LogP contribution in [0.15, 0.2) is 40.9 Å². The SMILES string of the molecule is Clc1ccc(C2=CC(Br)=CCC2)cc1. The molecule has 1 aliphatic carbocycles. The average molecular weight is 270 g/mol. The van der Waals surface area contributed by atoms with Gasteiger partial charge in [-0.3, -0.25) is 0 Å². The summed E-state index contributed by atoms with van der Waals surface area (Å²) in [5.41, 5.74) is 2.63. The summed E-state index contributed by atoms with van der Waals surface area (Å²) >= 11 is 9.34. The number of benzene rings is 1. The van der Waals surface area contributed by atoms with Gasteiger partial charge >= 0.3 is 0 Å². The Labute approximate surface area is 97.4 Å². The Morgan fingerprint density at radius 2 is 1.86 bits per heavy atom. The molecule has 0 unspecified atom stereocenters. The molecule has 2 rings (SSSR count). The van der Waals surface area contributed by atoms with Crippen molar-refractivity contribution < 1.29 is 0 Å². The van der Waals surface area contributed by atoms with E-state index in [0.29, 0.717) is 0 Å². The topological polar surface area (TPSA) is 0 Å². The molecule has 0 aromatic heterocycles. The largest absolute Gasteiger partial charge is 0.0843 e. The van der Waals surface area contributed by atoms with Crippen LogP contribution in [0.25, 0.3) is 5.57 Å². The normalized spacial score (nSPS) is 16.1. The zero-order valence-electron chi connectivity index (χ0n) is 7.63. The minimum Gasteiger partial charge on any atom is -0.0843 e. The minimum absolute atomic E-state index is 0.791. The van der Waals surface area contributed by atoms with Crippen molar-refractivity contribution in [2.24, 2.45) is 0 Å². The molecule has 1 aromatic carbocycles. The van der Waals surface area contributed by atoms with Crippen molar-refractivity contribution in [2.75, 3.05) is 0 Å². The van der Waals surface area contributed by atoms with Gasteiger partial charge in [0.2, 0.25) is 0 Å². The monoisotopic (exact) mass is 268 g/mol. The Kier molecular flexibility index (Phi) is 3.09. The fraction of sp³-hybridized carbons (Fsp3) is 0.167. The van der Waals surface area contributed by atoms with Gasteiger partial charge in [0.05, 0.1) is 0 Å². The molecule has 0 heterocycles. The molecule has 14 heavy (non-hydrogen) atoms. The van der Waals surface area contributed by atoms with Gasteiger partial charge in [0.25, 0.3) is 0 Å². The van der Waals surface area contributed by atoms with Gasteiger partial charge in [-0.1, -0.05) is 45.7 Å². The maximum Gasteiger partial charge on any atom is 0.0406 e. The summed E-state index contributed by atoms with van der Waals surface area (Å²) < 4.78 is 1.17. The van der Waals surface area contributed by atoms with Crippen LogP contribution in [0, 0.1) is 0 Å². The van der Waals surface area contributed by atoms with Crippen LogP contribution in [-0.2, 0) is 0 Å². The Bertz CT molecular complexity index is 387. The van der Waals surface area contributed by atoms with Crippen LogP contribution >= 0.6 is 27.5 Å². The number of hydrogen-bond acceptors (Lipinski definition) is 0. The van der Waals surface area contributed by atoms with Gasteiger partial charge in [0, 0.05) is 9.51 Å². The Morgan fingerprint density at radius 1 is 1.14 bits per heavy atom. The Hall–Kier alpha value is -0.530. The van der Waals surface area contributed by atoms with E-state index in [-0.39, 0.29) is 0 Å². The van der Waals surface area contributed by atoms with Gasteiger partial charge < -0.3 is 0 Å². The van der Waals surface area contributed by atoms with Gasteiger partial charge in [0.1, 0.15) is 0 Å². The van der Waals surface area contributed by atoms with Crippen LogP contribution in [0.3, 0.4) is 0 Å². The first-order valence-electron chi connectivity index (χ1n) is 4.58. The summed E-state index contributed by atoms with van der Waals surface area (Å²) in [4.78, 5) is 0.